The largest absolute Gasteiger partial charge is 0.346 e. The molecule has 0 bridgehead atoms. The Hall–Kier alpha value is -2.66. The van der Waals surface area contributed by atoms with Crippen LogP contribution in [-0.2, 0) is 9.59 Å². The Morgan fingerprint density at radius 1 is 1.04 bits per heavy atom. The molecule has 2 aromatic carbocycles. The van der Waals surface area contributed by atoms with Crippen molar-refractivity contribution in [1.29, 1.82) is 0 Å². The third kappa shape index (κ3) is 4.11. The van der Waals surface area contributed by atoms with Gasteiger partial charge >= 0.3 is 11.8 Å². The Kier molecular flexibility index (Phi) is 6.02. The zero-order chi connectivity index (χ0) is 18.4. The first-order valence-electron chi connectivity index (χ1n) is 9.09. The highest BCUT2D eigenvalue weighted by atomic mass is 16.2. The number of likely N-dealkylation sites (tertiary alicyclic amines) is 1. The van der Waals surface area contributed by atoms with E-state index < -0.39 is 11.8 Å². The average Bonchev–Trinajstić information content (AvgIpc) is 3.20. The summed E-state index contributed by atoms with van der Waals surface area (Å²) in [6.45, 7) is 6.24. The Balaban J connectivity index is 1.80. The lowest BCUT2D eigenvalue weighted by molar-refractivity contribution is -0.139. The summed E-state index contributed by atoms with van der Waals surface area (Å²) >= 11 is 0. The minimum atomic E-state index is -0.622. The molecule has 0 saturated carbocycles. The fourth-order valence-corrected chi connectivity index (χ4v) is 3.54. The first-order valence-corrected chi connectivity index (χ1v) is 9.09. The normalized spacial score (nSPS) is 15.5. The number of carbonyl (C=O) groups excluding carboxylic acids is 2. The molecule has 26 heavy (non-hydrogen) atoms. The maximum Gasteiger partial charge on any atom is 0.309 e. The van der Waals surface area contributed by atoms with Crippen molar-refractivity contribution in [2.45, 2.75) is 18.9 Å². The molecule has 1 fully saturated rings. The van der Waals surface area contributed by atoms with E-state index >= 15 is 0 Å². The van der Waals surface area contributed by atoms with Crippen LogP contribution in [-0.4, -0.2) is 42.9 Å². The molecule has 3 rings (SSSR count). The highest BCUT2D eigenvalue weighted by molar-refractivity contribution is 6.35. The molecule has 2 N–H and O–H groups in total. The second kappa shape index (κ2) is 8.63. The smallest absolute Gasteiger partial charge is 0.309 e. The van der Waals surface area contributed by atoms with Crippen LogP contribution in [0.15, 0.2) is 55.1 Å². The van der Waals surface area contributed by atoms with Crippen molar-refractivity contribution in [3.63, 3.8) is 0 Å². The second-order valence-corrected chi connectivity index (χ2v) is 6.54. The van der Waals surface area contributed by atoms with Gasteiger partial charge in [0.15, 0.2) is 0 Å². The van der Waals surface area contributed by atoms with E-state index in [2.05, 4.69) is 52.4 Å². The van der Waals surface area contributed by atoms with Gasteiger partial charge in [0.25, 0.3) is 0 Å². The Bertz CT molecular complexity index is 791. The topological polar surface area (TPSA) is 61.4 Å². The predicted octanol–water partition coefficient (Wildman–Crippen LogP) is 2.40. The van der Waals surface area contributed by atoms with Crippen molar-refractivity contribution in [2.75, 3.05) is 26.2 Å². The van der Waals surface area contributed by atoms with Crippen LogP contribution in [0.4, 0.5) is 0 Å². The molecule has 0 aromatic heterocycles. The van der Waals surface area contributed by atoms with E-state index in [1.54, 1.807) is 6.08 Å². The molecule has 1 atom stereocenters. The summed E-state index contributed by atoms with van der Waals surface area (Å²) in [7, 11) is 0. The average molecular weight is 351 g/mol. The summed E-state index contributed by atoms with van der Waals surface area (Å²) in [5, 5.41) is 7.69. The van der Waals surface area contributed by atoms with Crippen LogP contribution in [0.2, 0.25) is 0 Å². The van der Waals surface area contributed by atoms with Gasteiger partial charge < -0.3 is 10.6 Å². The van der Waals surface area contributed by atoms with E-state index in [4.69, 9.17) is 0 Å². The van der Waals surface area contributed by atoms with Gasteiger partial charge in [0, 0.05) is 13.1 Å². The van der Waals surface area contributed by atoms with Gasteiger partial charge in [-0.2, -0.15) is 0 Å². The van der Waals surface area contributed by atoms with E-state index in [-0.39, 0.29) is 12.6 Å². The molecule has 1 saturated heterocycles. The molecule has 1 unspecified atom stereocenters. The lowest BCUT2D eigenvalue weighted by Gasteiger charge is -2.29. The summed E-state index contributed by atoms with van der Waals surface area (Å²) in [6.07, 6.45) is 3.87. The van der Waals surface area contributed by atoms with Crippen molar-refractivity contribution in [1.82, 2.24) is 15.5 Å². The van der Waals surface area contributed by atoms with Crippen LogP contribution >= 0.6 is 0 Å². The van der Waals surface area contributed by atoms with Crippen molar-refractivity contribution >= 4 is 22.6 Å². The number of hydrogen-bond donors (Lipinski definition) is 2. The summed E-state index contributed by atoms with van der Waals surface area (Å²) in [5.41, 5.74) is 1.19. The highest BCUT2D eigenvalue weighted by Gasteiger charge is 2.26. The molecule has 0 aliphatic carbocycles. The summed E-state index contributed by atoms with van der Waals surface area (Å²) in [5.74, 6) is -1.22. The molecule has 1 aliphatic heterocycles. The van der Waals surface area contributed by atoms with Gasteiger partial charge in [-0.1, -0.05) is 48.5 Å². The molecule has 136 valence electrons. The van der Waals surface area contributed by atoms with Gasteiger partial charge in [0.1, 0.15) is 0 Å². The minimum Gasteiger partial charge on any atom is -0.346 e. The van der Waals surface area contributed by atoms with Gasteiger partial charge in [-0.3, -0.25) is 14.5 Å². The zero-order valence-corrected chi connectivity index (χ0v) is 14.9. The van der Waals surface area contributed by atoms with Crippen LogP contribution in [0.1, 0.15) is 24.4 Å². The van der Waals surface area contributed by atoms with Crippen molar-refractivity contribution in [2.24, 2.45) is 0 Å². The number of fused-ring (bicyclic) bond motifs is 1. The molecule has 1 aliphatic rings. The third-order valence-corrected chi connectivity index (χ3v) is 4.83. The first kappa shape index (κ1) is 18.1. The molecule has 2 amide bonds. The van der Waals surface area contributed by atoms with Crippen LogP contribution in [0.3, 0.4) is 0 Å². The highest BCUT2D eigenvalue weighted by Crippen LogP contribution is 2.30. The van der Waals surface area contributed by atoms with Crippen LogP contribution in [0, 0.1) is 0 Å². The summed E-state index contributed by atoms with van der Waals surface area (Å²) in [6, 6.07) is 14.6. The van der Waals surface area contributed by atoms with Crippen LogP contribution in [0.25, 0.3) is 10.8 Å². The monoisotopic (exact) mass is 351 g/mol. The lowest BCUT2D eigenvalue weighted by Crippen LogP contribution is -2.43. The van der Waals surface area contributed by atoms with Gasteiger partial charge in [0.05, 0.1) is 6.04 Å². The SMILES string of the molecule is C=CCNC(=O)C(=O)NCC(c1cccc2ccccc12)N1CCCC1. The van der Waals surface area contributed by atoms with E-state index in [0.29, 0.717) is 6.54 Å². The Morgan fingerprint density at radius 3 is 2.50 bits per heavy atom. The Labute approximate surface area is 154 Å². The molecule has 5 heteroatoms. The minimum absolute atomic E-state index is 0.0553. The molecule has 1 heterocycles. The predicted molar refractivity (Wildman–Crippen MR) is 104 cm³/mol. The van der Waals surface area contributed by atoms with Crippen molar-refractivity contribution in [3.05, 3.63) is 60.7 Å². The second-order valence-electron chi connectivity index (χ2n) is 6.54. The maximum absolute atomic E-state index is 12.1. The number of hydrogen-bond acceptors (Lipinski definition) is 3. The van der Waals surface area contributed by atoms with Crippen LogP contribution in [0.5, 0.6) is 0 Å². The summed E-state index contributed by atoms with van der Waals surface area (Å²) in [4.78, 5) is 26.3. The number of carbonyl (C=O) groups is 2. The number of nitrogens with one attached hydrogen (secondary N) is 2. The van der Waals surface area contributed by atoms with E-state index in [1.807, 2.05) is 12.1 Å². The number of amides is 2. The van der Waals surface area contributed by atoms with E-state index in [9.17, 15) is 9.59 Å². The fraction of sp³-hybridized carbons (Fsp3) is 0.333. The number of nitrogens with zero attached hydrogens (tertiary/aromatic N) is 1. The van der Waals surface area contributed by atoms with Crippen LogP contribution < -0.4 is 10.6 Å². The number of rotatable bonds is 6. The third-order valence-electron chi connectivity index (χ3n) is 4.83. The zero-order valence-electron chi connectivity index (χ0n) is 14.9. The first-order chi connectivity index (χ1) is 12.7. The quantitative estimate of drug-likeness (QED) is 0.621. The molecule has 0 spiro atoms. The van der Waals surface area contributed by atoms with Gasteiger partial charge in [0.2, 0.25) is 0 Å². The van der Waals surface area contributed by atoms with E-state index in [1.165, 1.54) is 16.3 Å². The molecule has 0 radical (unpaired) electrons. The molecular formula is C21H25N3O2. The van der Waals surface area contributed by atoms with E-state index in [0.717, 1.165) is 25.9 Å². The standard InChI is InChI=1S/C21H25N3O2/c1-2-12-22-20(25)21(26)23-15-19(24-13-5-6-14-24)18-11-7-9-16-8-3-4-10-17(16)18/h2-4,7-11,19H,1,5-6,12-15H2,(H,22,25)(H,23,26). The summed E-state index contributed by atoms with van der Waals surface area (Å²) < 4.78 is 0. The number of benzene rings is 2. The Morgan fingerprint density at radius 2 is 1.73 bits per heavy atom. The van der Waals surface area contributed by atoms with Gasteiger partial charge in [-0.15, -0.1) is 6.58 Å². The maximum atomic E-state index is 12.1. The lowest BCUT2D eigenvalue weighted by atomic mass is 9.97. The van der Waals surface area contributed by atoms with Crippen molar-refractivity contribution in [3.8, 4) is 0 Å². The van der Waals surface area contributed by atoms with Gasteiger partial charge in [-0.05, 0) is 42.3 Å². The molecular weight excluding hydrogens is 326 g/mol. The van der Waals surface area contributed by atoms with Crippen molar-refractivity contribution < 1.29 is 9.59 Å². The fourth-order valence-electron chi connectivity index (χ4n) is 3.54. The van der Waals surface area contributed by atoms with Gasteiger partial charge in [-0.25, -0.2) is 0 Å². The molecule has 2 aromatic rings. The molecule has 5 nitrogen and oxygen atoms in total.